The van der Waals surface area contributed by atoms with E-state index in [0.717, 1.165) is 0 Å². The minimum absolute atomic E-state index is 0.0144. The quantitative estimate of drug-likeness (QED) is 0.917. The third kappa shape index (κ3) is 2.54. The van der Waals surface area contributed by atoms with Crippen molar-refractivity contribution >= 4 is 17.0 Å². The monoisotopic (exact) mass is 264 g/mol. The van der Waals surface area contributed by atoms with Crippen LogP contribution in [0.15, 0.2) is 36.4 Å². The van der Waals surface area contributed by atoms with E-state index in [2.05, 4.69) is 19.1 Å². The summed E-state index contributed by atoms with van der Waals surface area (Å²) >= 11 is 1.71. The lowest BCUT2D eigenvalue weighted by Crippen LogP contribution is -2.30. The van der Waals surface area contributed by atoms with Crippen molar-refractivity contribution in [3.8, 4) is 0 Å². The van der Waals surface area contributed by atoms with Crippen LogP contribution in [0.2, 0.25) is 0 Å². The summed E-state index contributed by atoms with van der Waals surface area (Å²) in [6, 6.07) is 10.9. The zero-order valence-corrected chi connectivity index (χ0v) is 11.4. The van der Waals surface area contributed by atoms with E-state index >= 15 is 0 Å². The summed E-state index contributed by atoms with van der Waals surface area (Å²) in [7, 11) is 1.88. The second-order valence-corrected chi connectivity index (χ2v) is 5.58. The zero-order chi connectivity index (χ0) is 13.1. The van der Waals surface area contributed by atoms with Gasteiger partial charge < -0.3 is 10.6 Å². The highest BCUT2D eigenvalue weighted by atomic mass is 32.1. The Hall–Kier alpha value is -1.39. The Bertz CT molecular complexity index is 524. The molecule has 0 fully saturated rings. The number of rotatable bonds is 4. The Labute approximate surface area is 111 Å². The molecular formula is C14H17FN2S. The second kappa shape index (κ2) is 5.50. The first kappa shape index (κ1) is 13.1. The van der Waals surface area contributed by atoms with Crippen LogP contribution in [0.1, 0.15) is 15.8 Å². The van der Waals surface area contributed by atoms with Crippen LogP contribution in [-0.2, 0) is 0 Å². The SMILES string of the molecule is Cc1ccc(C(CN)N(C)c2ccccc2F)s1. The Morgan fingerprint density at radius 2 is 2.00 bits per heavy atom. The number of aryl methyl sites for hydroxylation is 1. The number of halogens is 1. The molecule has 1 aromatic heterocycles. The Balaban J connectivity index is 2.31. The number of hydrogen-bond acceptors (Lipinski definition) is 3. The molecule has 4 heteroatoms. The first-order chi connectivity index (χ1) is 8.63. The zero-order valence-electron chi connectivity index (χ0n) is 10.6. The predicted molar refractivity (Wildman–Crippen MR) is 75.7 cm³/mol. The van der Waals surface area contributed by atoms with Gasteiger partial charge in [0.2, 0.25) is 0 Å². The molecule has 0 radical (unpaired) electrons. The highest BCUT2D eigenvalue weighted by molar-refractivity contribution is 7.12. The molecule has 2 aromatic rings. The largest absolute Gasteiger partial charge is 0.363 e. The Morgan fingerprint density at radius 3 is 2.56 bits per heavy atom. The van der Waals surface area contributed by atoms with Crippen molar-refractivity contribution in [3.05, 3.63) is 52.0 Å². The molecule has 96 valence electrons. The lowest BCUT2D eigenvalue weighted by atomic mass is 10.2. The van der Waals surface area contributed by atoms with Crippen molar-refractivity contribution in [1.29, 1.82) is 0 Å². The van der Waals surface area contributed by atoms with Crippen LogP contribution in [0.25, 0.3) is 0 Å². The van der Waals surface area contributed by atoms with E-state index < -0.39 is 0 Å². The number of hydrogen-bond donors (Lipinski definition) is 1. The normalized spacial score (nSPS) is 12.4. The lowest BCUT2D eigenvalue weighted by Gasteiger charge is -2.28. The molecule has 0 saturated heterocycles. The van der Waals surface area contributed by atoms with Crippen LogP contribution in [0.5, 0.6) is 0 Å². The number of likely N-dealkylation sites (N-methyl/N-ethyl adjacent to an activating group) is 1. The summed E-state index contributed by atoms with van der Waals surface area (Å²) in [5.74, 6) is -0.216. The van der Waals surface area contributed by atoms with E-state index in [9.17, 15) is 4.39 Å². The van der Waals surface area contributed by atoms with Gasteiger partial charge in [-0.25, -0.2) is 4.39 Å². The maximum Gasteiger partial charge on any atom is 0.146 e. The fraction of sp³-hybridized carbons (Fsp3) is 0.286. The van der Waals surface area contributed by atoms with Gasteiger partial charge in [0.25, 0.3) is 0 Å². The van der Waals surface area contributed by atoms with Gasteiger partial charge >= 0.3 is 0 Å². The number of para-hydroxylation sites is 1. The molecule has 18 heavy (non-hydrogen) atoms. The first-order valence-electron chi connectivity index (χ1n) is 5.87. The van der Waals surface area contributed by atoms with Crippen LogP contribution in [-0.4, -0.2) is 13.6 Å². The highest BCUT2D eigenvalue weighted by Gasteiger charge is 2.19. The minimum atomic E-state index is -0.216. The van der Waals surface area contributed by atoms with Crippen LogP contribution in [0, 0.1) is 12.7 Å². The summed E-state index contributed by atoms with van der Waals surface area (Å²) in [5, 5.41) is 0. The van der Waals surface area contributed by atoms with Gasteiger partial charge in [-0.15, -0.1) is 11.3 Å². The first-order valence-corrected chi connectivity index (χ1v) is 6.69. The molecular weight excluding hydrogens is 247 g/mol. The summed E-state index contributed by atoms with van der Waals surface area (Å²) < 4.78 is 13.8. The molecule has 1 atom stereocenters. The average molecular weight is 264 g/mol. The number of nitrogens with two attached hydrogens (primary N) is 1. The van der Waals surface area contributed by atoms with Crippen molar-refractivity contribution in [2.45, 2.75) is 13.0 Å². The van der Waals surface area contributed by atoms with Gasteiger partial charge in [0.1, 0.15) is 5.82 Å². The number of anilines is 1. The summed E-state index contributed by atoms with van der Waals surface area (Å²) in [5.41, 5.74) is 6.43. The smallest absolute Gasteiger partial charge is 0.146 e. The van der Waals surface area contributed by atoms with E-state index in [4.69, 9.17) is 5.73 Å². The molecule has 0 aliphatic carbocycles. The van der Waals surface area contributed by atoms with Crippen molar-refractivity contribution in [1.82, 2.24) is 0 Å². The summed E-state index contributed by atoms with van der Waals surface area (Å²) in [4.78, 5) is 4.31. The van der Waals surface area contributed by atoms with Crippen LogP contribution in [0.4, 0.5) is 10.1 Å². The average Bonchev–Trinajstić information content (AvgIpc) is 2.77. The van der Waals surface area contributed by atoms with E-state index in [1.165, 1.54) is 15.8 Å². The van der Waals surface area contributed by atoms with Gasteiger partial charge in [0.15, 0.2) is 0 Å². The summed E-state index contributed by atoms with van der Waals surface area (Å²) in [6.07, 6.45) is 0. The number of nitrogens with zero attached hydrogens (tertiary/aromatic N) is 1. The molecule has 1 heterocycles. The van der Waals surface area contributed by atoms with E-state index in [0.29, 0.717) is 12.2 Å². The van der Waals surface area contributed by atoms with Gasteiger partial charge in [-0.3, -0.25) is 0 Å². The third-order valence-electron chi connectivity index (χ3n) is 3.01. The van der Waals surface area contributed by atoms with Crippen molar-refractivity contribution in [2.75, 3.05) is 18.5 Å². The molecule has 2 nitrogen and oxygen atoms in total. The molecule has 1 unspecified atom stereocenters. The van der Waals surface area contributed by atoms with E-state index in [-0.39, 0.29) is 11.9 Å². The molecule has 1 aromatic carbocycles. The molecule has 2 N–H and O–H groups in total. The van der Waals surface area contributed by atoms with Gasteiger partial charge in [0.05, 0.1) is 11.7 Å². The molecule has 0 saturated carbocycles. The van der Waals surface area contributed by atoms with Crippen LogP contribution in [0.3, 0.4) is 0 Å². The lowest BCUT2D eigenvalue weighted by molar-refractivity contribution is 0.605. The molecule has 0 amide bonds. The molecule has 0 bridgehead atoms. The van der Waals surface area contributed by atoms with Crippen molar-refractivity contribution in [3.63, 3.8) is 0 Å². The molecule has 0 aliphatic rings. The van der Waals surface area contributed by atoms with Gasteiger partial charge in [-0.2, -0.15) is 0 Å². The fourth-order valence-corrected chi connectivity index (χ4v) is 3.04. The van der Waals surface area contributed by atoms with Crippen LogP contribution >= 0.6 is 11.3 Å². The minimum Gasteiger partial charge on any atom is -0.363 e. The second-order valence-electron chi connectivity index (χ2n) is 4.26. The molecule has 2 rings (SSSR count). The third-order valence-corrected chi connectivity index (χ3v) is 4.11. The van der Waals surface area contributed by atoms with Gasteiger partial charge in [0, 0.05) is 23.3 Å². The maximum atomic E-state index is 13.8. The predicted octanol–water partition coefficient (Wildman–Crippen LogP) is 3.33. The van der Waals surface area contributed by atoms with Crippen molar-refractivity contribution < 1.29 is 4.39 Å². The van der Waals surface area contributed by atoms with E-state index in [1.54, 1.807) is 23.5 Å². The number of thiophene rings is 1. The molecule has 0 spiro atoms. The van der Waals surface area contributed by atoms with Crippen LogP contribution < -0.4 is 10.6 Å². The highest BCUT2D eigenvalue weighted by Crippen LogP contribution is 2.30. The topological polar surface area (TPSA) is 29.3 Å². The molecule has 0 aliphatic heterocycles. The number of benzene rings is 1. The standard InChI is InChI=1S/C14H17FN2S/c1-10-7-8-14(18-10)13(9-16)17(2)12-6-4-3-5-11(12)15/h3-8,13H,9,16H2,1-2H3. The Kier molecular flexibility index (Phi) is 3.99. The summed E-state index contributed by atoms with van der Waals surface area (Å²) in [6.45, 7) is 2.52. The maximum absolute atomic E-state index is 13.8. The Morgan fingerprint density at radius 1 is 1.28 bits per heavy atom. The van der Waals surface area contributed by atoms with E-state index in [1.807, 2.05) is 18.0 Å². The van der Waals surface area contributed by atoms with Gasteiger partial charge in [-0.1, -0.05) is 12.1 Å². The van der Waals surface area contributed by atoms with Crippen molar-refractivity contribution in [2.24, 2.45) is 5.73 Å². The fourth-order valence-electron chi connectivity index (χ4n) is 2.00. The van der Waals surface area contributed by atoms with Gasteiger partial charge in [-0.05, 0) is 31.2 Å².